The number of aromatic amines is 1. The van der Waals surface area contributed by atoms with Crippen molar-refractivity contribution in [3.63, 3.8) is 0 Å². The third-order valence-electron chi connectivity index (χ3n) is 11.2. The van der Waals surface area contributed by atoms with Crippen molar-refractivity contribution < 1.29 is 34.0 Å². The normalized spacial score (nSPS) is 18.7. The molecule has 0 saturated heterocycles. The number of hydrogen-bond acceptors (Lipinski definition) is 13. The van der Waals surface area contributed by atoms with E-state index in [2.05, 4.69) is 94.6 Å². The molecule has 2 aliphatic rings. The number of rotatable bonds is 13. The van der Waals surface area contributed by atoms with Crippen LogP contribution in [0.5, 0.6) is 17.5 Å². The van der Waals surface area contributed by atoms with Crippen LogP contribution in [0.25, 0.3) is 11.4 Å². The number of nitrogens with one attached hydrogen (secondary N) is 1. The van der Waals surface area contributed by atoms with Crippen molar-refractivity contribution in [2.75, 3.05) is 7.11 Å². The molecular formula is C42H44N12O7. The minimum Gasteiger partial charge on any atom is -0.497 e. The van der Waals surface area contributed by atoms with E-state index in [9.17, 15) is 14.7 Å². The molecule has 3 aromatic carbocycles. The first-order valence-corrected chi connectivity index (χ1v) is 20.0. The zero-order chi connectivity index (χ0) is 42.1. The summed E-state index contributed by atoms with van der Waals surface area (Å²) in [5.74, 6) is -0.337. The summed E-state index contributed by atoms with van der Waals surface area (Å²) < 4.78 is 22.4. The van der Waals surface area contributed by atoms with E-state index in [4.69, 9.17) is 19.3 Å². The van der Waals surface area contributed by atoms with Crippen LogP contribution in [-0.4, -0.2) is 101 Å². The zero-order valence-electron chi connectivity index (χ0n) is 33.3. The number of aromatic nitrogens is 12. The number of carbonyl (C=O) groups is 2. The van der Waals surface area contributed by atoms with Gasteiger partial charge in [0.15, 0.2) is 0 Å². The van der Waals surface area contributed by atoms with Gasteiger partial charge in [0.05, 0.1) is 13.7 Å². The maximum atomic E-state index is 11.7. The van der Waals surface area contributed by atoms with Crippen molar-refractivity contribution in [2.24, 2.45) is 0 Å². The first-order chi connectivity index (χ1) is 29.8. The molecule has 19 nitrogen and oxygen atoms in total. The lowest BCUT2D eigenvalue weighted by molar-refractivity contribution is 0.0665. The van der Waals surface area contributed by atoms with Crippen LogP contribution in [0.4, 0.5) is 0 Å². The number of carboxylic acid groups (broad SMARTS) is 2. The lowest BCUT2D eigenvalue weighted by Gasteiger charge is -2.29. The largest absolute Gasteiger partial charge is 0.497 e. The Balaban J connectivity index is 0.000000176. The number of methoxy groups -OCH3 is 1. The molecule has 61 heavy (non-hydrogen) atoms. The molecule has 3 N–H and O–H groups in total. The summed E-state index contributed by atoms with van der Waals surface area (Å²) in [6.45, 7) is 0.355. The van der Waals surface area contributed by atoms with Gasteiger partial charge in [0.1, 0.15) is 43.3 Å². The molecule has 314 valence electrons. The van der Waals surface area contributed by atoms with Crippen molar-refractivity contribution in [3.8, 4) is 28.9 Å². The van der Waals surface area contributed by atoms with Gasteiger partial charge in [0.25, 0.3) is 5.88 Å². The Morgan fingerprint density at radius 3 is 1.64 bits per heavy atom. The summed E-state index contributed by atoms with van der Waals surface area (Å²) in [4.78, 5) is 22.8. The van der Waals surface area contributed by atoms with E-state index in [-0.39, 0.29) is 35.4 Å². The Morgan fingerprint density at radius 1 is 0.656 bits per heavy atom. The van der Waals surface area contributed by atoms with Crippen molar-refractivity contribution in [1.29, 1.82) is 0 Å². The first kappa shape index (κ1) is 40.3. The van der Waals surface area contributed by atoms with Gasteiger partial charge < -0.3 is 24.4 Å². The Morgan fingerprint density at radius 2 is 1.16 bits per heavy atom. The van der Waals surface area contributed by atoms with Gasteiger partial charge in [-0.3, -0.25) is 9.13 Å². The maximum Gasteiger partial charge on any atom is 0.362 e. The standard InChI is InChI=1S/C25H26N6O4.C17H18N6O3/c1-34-21-10-2-17(3-11-21)14-31-24(23(25(32)33)28-29-31)35-22-12-6-19(7-13-22)18-4-8-20(9-5-18)30-15-26-27-16-30;24-17(25)15-16(21-22-20-15)26-14-7-3-12(4-8-14)11-1-5-13(6-2-11)23-9-18-19-10-23/h2-5,8-11,15-16,19,22H,6-7,12-14H2,1H3,(H,32,33);1-2,5-6,9-10,12,14H,3-4,7-8H2,(H,24,25)(H,20,21,22). The summed E-state index contributed by atoms with van der Waals surface area (Å²) in [6, 6.07) is 24.4. The van der Waals surface area contributed by atoms with Crippen molar-refractivity contribution in [1.82, 2.24) is 59.9 Å². The van der Waals surface area contributed by atoms with Crippen LogP contribution in [0.3, 0.4) is 0 Å². The quantitative estimate of drug-likeness (QED) is 0.123. The number of carboxylic acids is 2. The van der Waals surface area contributed by atoms with Crippen LogP contribution in [-0.2, 0) is 6.54 Å². The van der Waals surface area contributed by atoms with E-state index in [1.807, 2.05) is 33.4 Å². The Labute approximate surface area is 349 Å². The second-order valence-corrected chi connectivity index (χ2v) is 15.0. The van der Waals surface area contributed by atoms with Gasteiger partial charge in [-0.25, -0.2) is 19.4 Å². The molecule has 9 rings (SSSR count). The molecule has 0 radical (unpaired) electrons. The molecule has 2 saturated carbocycles. The van der Waals surface area contributed by atoms with Gasteiger partial charge in [0.2, 0.25) is 17.3 Å². The van der Waals surface area contributed by atoms with Crippen molar-refractivity contribution in [3.05, 3.63) is 126 Å². The lowest BCUT2D eigenvalue weighted by atomic mass is 9.82. The summed E-state index contributed by atoms with van der Waals surface area (Å²) in [6.07, 6.45) is 13.8. The molecule has 19 heteroatoms. The fourth-order valence-electron chi connectivity index (χ4n) is 7.85. The number of ether oxygens (including phenoxy) is 3. The van der Waals surface area contributed by atoms with Gasteiger partial charge >= 0.3 is 11.9 Å². The van der Waals surface area contributed by atoms with Gasteiger partial charge in [-0.1, -0.05) is 51.9 Å². The van der Waals surface area contributed by atoms with E-state index in [1.165, 1.54) is 15.8 Å². The summed E-state index contributed by atoms with van der Waals surface area (Å²) >= 11 is 0. The first-order valence-electron chi connectivity index (χ1n) is 20.0. The highest BCUT2D eigenvalue weighted by Crippen LogP contribution is 2.37. The van der Waals surface area contributed by atoms with Gasteiger partial charge in [0, 0.05) is 11.4 Å². The van der Waals surface area contributed by atoms with Gasteiger partial charge in [-0.15, -0.1) is 25.5 Å². The van der Waals surface area contributed by atoms with E-state index >= 15 is 0 Å². The van der Waals surface area contributed by atoms with Crippen molar-refractivity contribution >= 4 is 11.9 Å². The fourth-order valence-corrected chi connectivity index (χ4v) is 7.85. The zero-order valence-corrected chi connectivity index (χ0v) is 33.3. The fraction of sp³-hybridized carbons (Fsp3) is 0.333. The number of nitrogens with zero attached hydrogens (tertiary/aromatic N) is 11. The molecule has 0 unspecified atom stereocenters. The third-order valence-corrected chi connectivity index (χ3v) is 11.2. The van der Waals surface area contributed by atoms with Gasteiger partial charge in [-0.05, 0) is 116 Å². The Hall–Kier alpha value is -7.44. The SMILES string of the molecule is COc1ccc(Cn2nnc(C(=O)O)c2OC2CCC(c3ccc(-n4cnnc4)cc3)CC2)cc1.O=C(O)c1[nH]nnc1OC1CCC(c2ccc(-n3cnnc3)cc2)CC1. The van der Waals surface area contributed by atoms with E-state index in [1.54, 1.807) is 32.4 Å². The maximum absolute atomic E-state index is 11.7. The predicted octanol–water partition coefficient (Wildman–Crippen LogP) is 5.91. The van der Waals surface area contributed by atoms with Crippen LogP contribution in [0, 0.1) is 0 Å². The molecule has 0 spiro atoms. The molecule has 0 atom stereocenters. The average Bonchev–Trinajstić information content (AvgIpc) is 4.15. The lowest BCUT2D eigenvalue weighted by Crippen LogP contribution is -2.25. The average molecular weight is 829 g/mol. The van der Waals surface area contributed by atoms with Gasteiger partial charge in [-0.2, -0.15) is 0 Å². The van der Waals surface area contributed by atoms with Crippen LogP contribution >= 0.6 is 0 Å². The monoisotopic (exact) mass is 828 g/mol. The molecule has 0 bridgehead atoms. The molecule has 0 amide bonds. The number of H-pyrrole nitrogens is 1. The summed E-state index contributed by atoms with van der Waals surface area (Å²) in [5.41, 5.74) is 5.32. The van der Waals surface area contributed by atoms with Crippen LogP contribution in [0.15, 0.2) is 98.1 Å². The third kappa shape index (κ3) is 9.72. The molecule has 2 aliphatic carbocycles. The van der Waals surface area contributed by atoms with E-state index < -0.39 is 11.9 Å². The smallest absolute Gasteiger partial charge is 0.362 e. The Kier molecular flexibility index (Phi) is 12.3. The molecule has 4 aromatic heterocycles. The number of hydrogen-bond donors (Lipinski definition) is 3. The Bertz CT molecular complexity index is 2470. The second-order valence-electron chi connectivity index (χ2n) is 15.0. The summed E-state index contributed by atoms with van der Waals surface area (Å²) in [5, 5.41) is 51.5. The number of benzene rings is 3. The summed E-state index contributed by atoms with van der Waals surface area (Å²) in [7, 11) is 1.61. The molecule has 0 aliphatic heterocycles. The second kappa shape index (κ2) is 18.6. The molecule has 7 aromatic rings. The number of aromatic carboxylic acids is 2. The highest BCUT2D eigenvalue weighted by atomic mass is 16.5. The molecule has 2 fully saturated rings. The van der Waals surface area contributed by atoms with E-state index in [0.717, 1.165) is 74.1 Å². The minimum atomic E-state index is -1.15. The topological polar surface area (TPSA) is 236 Å². The highest BCUT2D eigenvalue weighted by molar-refractivity contribution is 5.88. The molecular weight excluding hydrogens is 785 g/mol. The minimum absolute atomic E-state index is 0.0363. The van der Waals surface area contributed by atoms with Crippen LogP contribution in [0.1, 0.15) is 101 Å². The predicted molar refractivity (Wildman–Crippen MR) is 216 cm³/mol. The van der Waals surface area contributed by atoms with Crippen LogP contribution in [0.2, 0.25) is 0 Å². The van der Waals surface area contributed by atoms with Crippen molar-refractivity contribution in [2.45, 2.75) is 82.0 Å². The molecule has 4 heterocycles. The highest BCUT2D eigenvalue weighted by Gasteiger charge is 2.29. The van der Waals surface area contributed by atoms with Crippen LogP contribution < -0.4 is 14.2 Å². The van der Waals surface area contributed by atoms with E-state index in [0.29, 0.717) is 18.4 Å².